The van der Waals surface area contributed by atoms with Crippen LogP contribution in [0.4, 0.5) is 0 Å². The minimum Gasteiger partial charge on any atom is -0.454 e. The molecule has 0 amide bonds. The summed E-state index contributed by atoms with van der Waals surface area (Å²) >= 11 is 0. The number of ketones is 1. The van der Waals surface area contributed by atoms with Gasteiger partial charge in [-0.2, -0.15) is 0 Å². The monoisotopic (exact) mass is 337 g/mol. The van der Waals surface area contributed by atoms with Crippen molar-refractivity contribution in [3.8, 4) is 0 Å². The van der Waals surface area contributed by atoms with Crippen LogP contribution >= 0.6 is 0 Å². The zero-order valence-electron chi connectivity index (χ0n) is 14.8. The molecule has 2 aromatic rings. The zero-order chi connectivity index (χ0) is 18.0. The number of Topliss-reactive ketones (excluding diaryl/α,β-unsaturated/α-hetero) is 1. The number of rotatable bonds is 4. The Morgan fingerprint density at radius 1 is 1.08 bits per heavy atom. The van der Waals surface area contributed by atoms with Gasteiger partial charge in [-0.05, 0) is 32.0 Å². The highest BCUT2D eigenvalue weighted by Gasteiger charge is 2.55. The van der Waals surface area contributed by atoms with Crippen LogP contribution in [0.5, 0.6) is 0 Å². The molecule has 2 aromatic carbocycles. The van der Waals surface area contributed by atoms with Gasteiger partial charge in [0.15, 0.2) is 11.3 Å². The molecule has 3 rings (SSSR count). The summed E-state index contributed by atoms with van der Waals surface area (Å²) in [6.07, 6.45) is -0.0772. The first-order valence-electron chi connectivity index (χ1n) is 8.50. The quantitative estimate of drug-likeness (QED) is 0.635. The summed E-state index contributed by atoms with van der Waals surface area (Å²) in [6.45, 7) is 3.46. The van der Waals surface area contributed by atoms with Gasteiger partial charge in [-0.25, -0.2) is 4.79 Å². The number of esters is 1. The first-order chi connectivity index (χ1) is 12.0. The van der Waals surface area contributed by atoms with Gasteiger partial charge in [0.1, 0.15) is 6.10 Å². The molecule has 1 fully saturated rings. The molecular weight excluding hydrogens is 314 g/mol. The Morgan fingerprint density at radius 2 is 1.64 bits per heavy atom. The number of morpholine rings is 1. The van der Waals surface area contributed by atoms with Crippen molar-refractivity contribution in [2.75, 3.05) is 7.05 Å². The molecule has 1 saturated heterocycles. The van der Waals surface area contributed by atoms with Gasteiger partial charge in [-0.15, -0.1) is 0 Å². The van der Waals surface area contributed by atoms with E-state index in [1.807, 2.05) is 79.5 Å². The van der Waals surface area contributed by atoms with E-state index < -0.39 is 11.5 Å². The molecule has 4 heteroatoms. The number of nitrogens with zero attached hydrogens (tertiary/aromatic N) is 1. The van der Waals surface area contributed by atoms with Crippen molar-refractivity contribution in [1.82, 2.24) is 4.90 Å². The molecule has 0 bridgehead atoms. The molecular formula is C21H23NO3. The molecule has 0 radical (unpaired) electrons. The van der Waals surface area contributed by atoms with E-state index >= 15 is 0 Å². The fourth-order valence-corrected chi connectivity index (χ4v) is 3.60. The van der Waals surface area contributed by atoms with E-state index in [0.717, 1.165) is 11.1 Å². The Balaban J connectivity index is 1.98. The van der Waals surface area contributed by atoms with E-state index in [1.54, 1.807) is 0 Å². The standard InChI is InChI=1S/C21H23NO3/c1-15-19(18-12-8-5-9-13-18)25-20(24)21(16(2)23,22(15)3)14-17-10-6-4-7-11-17/h4-13,15,19H,14H2,1-3H3/t15-,19-,21?/m0/s1. The number of hydrogen-bond acceptors (Lipinski definition) is 4. The van der Waals surface area contributed by atoms with Crippen LogP contribution in [0.2, 0.25) is 0 Å². The molecule has 25 heavy (non-hydrogen) atoms. The maximum atomic E-state index is 13.0. The van der Waals surface area contributed by atoms with Crippen LogP contribution in [0.15, 0.2) is 60.7 Å². The van der Waals surface area contributed by atoms with Crippen LogP contribution in [-0.4, -0.2) is 35.3 Å². The maximum Gasteiger partial charge on any atom is 0.335 e. The summed E-state index contributed by atoms with van der Waals surface area (Å²) in [5.41, 5.74) is 0.588. The van der Waals surface area contributed by atoms with Crippen molar-refractivity contribution < 1.29 is 14.3 Å². The fourth-order valence-electron chi connectivity index (χ4n) is 3.60. The van der Waals surface area contributed by atoms with E-state index in [9.17, 15) is 9.59 Å². The highest BCUT2D eigenvalue weighted by molar-refractivity contribution is 6.08. The lowest BCUT2D eigenvalue weighted by Crippen LogP contribution is -2.67. The van der Waals surface area contributed by atoms with Crippen molar-refractivity contribution in [3.63, 3.8) is 0 Å². The largest absolute Gasteiger partial charge is 0.454 e. The predicted octanol–water partition coefficient (Wildman–Crippen LogP) is 3.18. The minimum atomic E-state index is -1.29. The summed E-state index contributed by atoms with van der Waals surface area (Å²) in [5.74, 6) is -0.666. The molecule has 1 heterocycles. The van der Waals surface area contributed by atoms with E-state index in [0.29, 0.717) is 6.42 Å². The van der Waals surface area contributed by atoms with E-state index in [2.05, 4.69) is 0 Å². The summed E-state index contributed by atoms with van der Waals surface area (Å²) < 4.78 is 5.80. The summed E-state index contributed by atoms with van der Waals surface area (Å²) in [6, 6.07) is 19.1. The number of benzene rings is 2. The highest BCUT2D eigenvalue weighted by atomic mass is 16.6. The molecule has 0 N–H and O–H groups in total. The zero-order valence-corrected chi connectivity index (χ0v) is 14.8. The molecule has 0 spiro atoms. The van der Waals surface area contributed by atoms with Crippen LogP contribution in [-0.2, 0) is 20.7 Å². The van der Waals surface area contributed by atoms with E-state index in [1.165, 1.54) is 6.92 Å². The van der Waals surface area contributed by atoms with Crippen molar-refractivity contribution in [2.45, 2.75) is 38.0 Å². The topological polar surface area (TPSA) is 46.6 Å². The normalized spacial score (nSPS) is 26.9. The maximum absolute atomic E-state index is 13.0. The first-order valence-corrected chi connectivity index (χ1v) is 8.50. The van der Waals surface area contributed by atoms with Crippen molar-refractivity contribution in [2.24, 2.45) is 0 Å². The number of carbonyl (C=O) groups excluding carboxylic acids is 2. The van der Waals surface area contributed by atoms with E-state index in [-0.39, 0.29) is 17.9 Å². The lowest BCUT2D eigenvalue weighted by atomic mass is 9.81. The lowest BCUT2D eigenvalue weighted by molar-refractivity contribution is -0.187. The van der Waals surface area contributed by atoms with Gasteiger partial charge in [0, 0.05) is 12.5 Å². The fraction of sp³-hybridized carbons (Fsp3) is 0.333. The van der Waals surface area contributed by atoms with Gasteiger partial charge in [0.25, 0.3) is 0 Å². The van der Waals surface area contributed by atoms with Crippen molar-refractivity contribution in [1.29, 1.82) is 0 Å². The Bertz CT molecular complexity index is 759. The Labute approximate surface area is 148 Å². The van der Waals surface area contributed by atoms with Crippen LogP contribution in [0.1, 0.15) is 31.1 Å². The number of hydrogen-bond donors (Lipinski definition) is 0. The lowest BCUT2D eigenvalue weighted by Gasteiger charge is -2.48. The number of carbonyl (C=O) groups is 2. The Kier molecular flexibility index (Phi) is 4.73. The van der Waals surface area contributed by atoms with Gasteiger partial charge >= 0.3 is 5.97 Å². The van der Waals surface area contributed by atoms with Crippen molar-refractivity contribution >= 4 is 11.8 Å². The van der Waals surface area contributed by atoms with Gasteiger partial charge in [0.05, 0.1) is 0 Å². The molecule has 1 aliphatic rings. The molecule has 1 unspecified atom stereocenters. The molecule has 4 nitrogen and oxygen atoms in total. The average Bonchev–Trinajstić information content (AvgIpc) is 2.63. The van der Waals surface area contributed by atoms with Crippen LogP contribution in [0.25, 0.3) is 0 Å². The highest BCUT2D eigenvalue weighted by Crippen LogP contribution is 2.38. The van der Waals surface area contributed by atoms with Crippen LogP contribution in [0, 0.1) is 0 Å². The summed E-state index contributed by atoms with van der Waals surface area (Å²) in [7, 11) is 1.84. The van der Waals surface area contributed by atoms with Gasteiger partial charge in [-0.3, -0.25) is 9.69 Å². The minimum absolute atomic E-state index is 0.118. The SMILES string of the molecule is CC(=O)C1(Cc2ccccc2)C(=O)O[C@H](c2ccccc2)[C@H](C)N1C. The molecule has 130 valence electrons. The third-order valence-corrected chi connectivity index (χ3v) is 5.24. The van der Waals surface area contributed by atoms with Crippen molar-refractivity contribution in [3.05, 3.63) is 71.8 Å². The molecule has 0 aliphatic carbocycles. The van der Waals surface area contributed by atoms with Gasteiger partial charge < -0.3 is 4.74 Å². The second kappa shape index (κ2) is 6.81. The summed E-state index contributed by atoms with van der Waals surface area (Å²) in [5, 5.41) is 0. The Hall–Kier alpha value is -2.46. The van der Waals surface area contributed by atoms with E-state index in [4.69, 9.17) is 4.74 Å². The number of ether oxygens (including phenoxy) is 1. The molecule has 3 atom stereocenters. The first kappa shape index (κ1) is 17.4. The summed E-state index contributed by atoms with van der Waals surface area (Å²) in [4.78, 5) is 27.5. The molecule has 0 saturated carbocycles. The van der Waals surface area contributed by atoms with Crippen LogP contribution in [0.3, 0.4) is 0 Å². The second-order valence-corrected chi connectivity index (χ2v) is 6.67. The third kappa shape index (κ3) is 2.98. The molecule has 1 aliphatic heterocycles. The second-order valence-electron chi connectivity index (χ2n) is 6.67. The predicted molar refractivity (Wildman–Crippen MR) is 96.1 cm³/mol. The number of cyclic esters (lactones) is 1. The van der Waals surface area contributed by atoms with Gasteiger partial charge in [-0.1, -0.05) is 60.7 Å². The van der Waals surface area contributed by atoms with Gasteiger partial charge in [0.2, 0.25) is 0 Å². The third-order valence-electron chi connectivity index (χ3n) is 5.24. The number of likely N-dealkylation sites (N-methyl/N-ethyl adjacent to an activating group) is 1. The average molecular weight is 337 g/mol. The molecule has 0 aromatic heterocycles. The Morgan fingerprint density at radius 3 is 2.20 bits per heavy atom. The van der Waals surface area contributed by atoms with Crippen LogP contribution < -0.4 is 0 Å². The smallest absolute Gasteiger partial charge is 0.335 e.